The van der Waals surface area contributed by atoms with Crippen molar-refractivity contribution in [3.63, 3.8) is 0 Å². The summed E-state index contributed by atoms with van der Waals surface area (Å²) in [6.07, 6.45) is 1.40. The van der Waals surface area contributed by atoms with Gasteiger partial charge in [0.1, 0.15) is 5.75 Å². The minimum Gasteiger partial charge on any atom is -0.507 e. The summed E-state index contributed by atoms with van der Waals surface area (Å²) in [5.41, 5.74) is 0.443. The van der Waals surface area contributed by atoms with Crippen LogP contribution in [0.5, 0.6) is 5.75 Å². The molecule has 1 heterocycles. The number of thiocarbonyl (C=S) groups is 1. The normalized spacial score (nSPS) is 18.4. The number of aromatic hydroxyl groups is 1. The van der Waals surface area contributed by atoms with Crippen molar-refractivity contribution >= 4 is 35.0 Å². The molecule has 5 heteroatoms. The highest BCUT2D eigenvalue weighted by atomic mass is 32.1. The number of phenolic OH excluding ortho intramolecular Hbond substituents is 1. The van der Waals surface area contributed by atoms with Crippen LogP contribution < -0.4 is 5.32 Å². The van der Waals surface area contributed by atoms with Crippen LogP contribution in [0.3, 0.4) is 0 Å². The lowest BCUT2D eigenvalue weighted by molar-refractivity contribution is -0.122. The lowest BCUT2D eigenvalue weighted by Gasteiger charge is -2.14. The first-order valence-electron chi connectivity index (χ1n) is 4.95. The van der Waals surface area contributed by atoms with E-state index in [1.807, 2.05) is 0 Å². The van der Waals surface area contributed by atoms with Gasteiger partial charge in [-0.3, -0.25) is 9.59 Å². The molecule has 0 unspecified atom stereocenters. The molecule has 0 atom stereocenters. The number of benzene rings is 1. The number of hydrogen-bond donors (Lipinski definition) is 2. The number of nitrogens with one attached hydrogen (secondary N) is 1. The summed E-state index contributed by atoms with van der Waals surface area (Å²) in [4.78, 5) is 23.4. The quantitative estimate of drug-likeness (QED) is 0.444. The Morgan fingerprint density at radius 3 is 2.65 bits per heavy atom. The maximum atomic E-state index is 11.6. The van der Waals surface area contributed by atoms with Gasteiger partial charge in [-0.05, 0) is 12.1 Å². The fourth-order valence-corrected chi connectivity index (χ4v) is 1.74. The Hall–Kier alpha value is -2.01. The average Bonchev–Trinajstić information content (AvgIpc) is 2.25. The molecule has 1 aromatic rings. The van der Waals surface area contributed by atoms with E-state index in [1.54, 1.807) is 18.2 Å². The number of rotatable bonds is 1. The Morgan fingerprint density at radius 2 is 2.00 bits per heavy atom. The molecule has 2 N–H and O–H groups in total. The molecule has 1 aliphatic heterocycles. The Labute approximate surface area is 103 Å². The van der Waals surface area contributed by atoms with E-state index < -0.39 is 5.91 Å². The first-order chi connectivity index (χ1) is 8.08. The van der Waals surface area contributed by atoms with Crippen LogP contribution in [-0.2, 0) is 9.59 Å². The maximum absolute atomic E-state index is 11.6. The predicted molar refractivity (Wildman–Crippen MR) is 66.4 cm³/mol. The lowest BCUT2D eigenvalue weighted by Crippen LogP contribution is -2.39. The zero-order chi connectivity index (χ0) is 12.4. The molecule has 4 nitrogen and oxygen atoms in total. The van der Waals surface area contributed by atoms with Gasteiger partial charge in [-0.2, -0.15) is 0 Å². The number of ketones is 1. The predicted octanol–water partition coefficient (Wildman–Crippen LogP) is 1.19. The SMILES string of the molecule is O=C1CC(=S)NC(=O)C1=Cc1ccccc1O. The van der Waals surface area contributed by atoms with Crippen molar-refractivity contribution in [2.24, 2.45) is 0 Å². The van der Waals surface area contributed by atoms with Crippen LogP contribution in [0.4, 0.5) is 0 Å². The molecule has 0 aromatic heterocycles. The van der Waals surface area contributed by atoms with Gasteiger partial charge in [0.25, 0.3) is 5.91 Å². The fraction of sp³-hybridized carbons (Fsp3) is 0.0833. The zero-order valence-corrected chi connectivity index (χ0v) is 9.58. The van der Waals surface area contributed by atoms with E-state index in [2.05, 4.69) is 5.32 Å². The van der Waals surface area contributed by atoms with Gasteiger partial charge in [-0.1, -0.05) is 30.4 Å². The van der Waals surface area contributed by atoms with E-state index in [-0.39, 0.29) is 28.5 Å². The van der Waals surface area contributed by atoms with Crippen molar-refractivity contribution in [2.75, 3.05) is 0 Å². The fourth-order valence-electron chi connectivity index (χ4n) is 1.52. The van der Waals surface area contributed by atoms with Crippen LogP contribution in [0.2, 0.25) is 0 Å². The van der Waals surface area contributed by atoms with E-state index in [9.17, 15) is 14.7 Å². The van der Waals surface area contributed by atoms with Gasteiger partial charge in [0.15, 0.2) is 5.78 Å². The van der Waals surface area contributed by atoms with E-state index >= 15 is 0 Å². The minimum atomic E-state index is -0.519. The molecule has 0 spiro atoms. The number of Topliss-reactive ketones (excluding diaryl/α,β-unsaturated/α-hetero) is 1. The van der Waals surface area contributed by atoms with Crippen molar-refractivity contribution in [3.8, 4) is 5.75 Å². The number of piperidine rings is 1. The van der Waals surface area contributed by atoms with E-state index in [0.717, 1.165) is 0 Å². The van der Waals surface area contributed by atoms with Crippen molar-refractivity contribution < 1.29 is 14.7 Å². The summed E-state index contributed by atoms with van der Waals surface area (Å²) in [6.45, 7) is 0. The Bertz CT molecular complexity index is 526. The number of carbonyl (C=O) groups is 2. The highest BCUT2D eigenvalue weighted by molar-refractivity contribution is 7.80. The Morgan fingerprint density at radius 1 is 1.29 bits per heavy atom. The third-order valence-electron chi connectivity index (χ3n) is 2.36. The number of amides is 1. The van der Waals surface area contributed by atoms with Crippen molar-refractivity contribution in [2.45, 2.75) is 6.42 Å². The molecule has 0 aliphatic carbocycles. The standard InChI is InChI=1S/C12H9NO3S/c14-9-4-2-1-3-7(9)5-8-10(15)6-11(17)13-12(8)16/h1-5,14H,6H2,(H,13,16,17). The second-order valence-corrected chi connectivity index (χ2v) is 4.09. The van der Waals surface area contributed by atoms with Gasteiger partial charge >= 0.3 is 0 Å². The van der Waals surface area contributed by atoms with Crippen LogP contribution in [0.1, 0.15) is 12.0 Å². The van der Waals surface area contributed by atoms with Crippen LogP contribution >= 0.6 is 12.2 Å². The third-order valence-corrected chi connectivity index (χ3v) is 2.60. The second kappa shape index (κ2) is 4.47. The van der Waals surface area contributed by atoms with E-state index in [1.165, 1.54) is 12.1 Å². The molecule has 1 fully saturated rings. The summed E-state index contributed by atoms with van der Waals surface area (Å²) in [5, 5.41) is 12.0. The number of para-hydroxylation sites is 1. The topological polar surface area (TPSA) is 66.4 Å². The van der Waals surface area contributed by atoms with Gasteiger partial charge in [0.05, 0.1) is 17.0 Å². The lowest BCUT2D eigenvalue weighted by atomic mass is 10.0. The summed E-state index contributed by atoms with van der Waals surface area (Å²) >= 11 is 4.77. The highest BCUT2D eigenvalue weighted by Gasteiger charge is 2.26. The van der Waals surface area contributed by atoms with Gasteiger partial charge in [-0.15, -0.1) is 0 Å². The molecule has 1 saturated heterocycles. The highest BCUT2D eigenvalue weighted by Crippen LogP contribution is 2.20. The molecule has 86 valence electrons. The molecule has 2 rings (SSSR count). The summed E-state index contributed by atoms with van der Waals surface area (Å²) in [6, 6.07) is 6.48. The van der Waals surface area contributed by atoms with Gasteiger partial charge in [0, 0.05) is 5.56 Å². The number of phenols is 1. The Kier molecular flexibility index (Phi) is 3.01. The van der Waals surface area contributed by atoms with Crippen molar-refractivity contribution in [1.29, 1.82) is 0 Å². The van der Waals surface area contributed by atoms with E-state index in [0.29, 0.717) is 5.56 Å². The van der Waals surface area contributed by atoms with Gasteiger partial charge in [0.2, 0.25) is 0 Å². The summed E-state index contributed by atoms with van der Waals surface area (Å²) < 4.78 is 0. The molecule has 1 aromatic carbocycles. The second-order valence-electron chi connectivity index (χ2n) is 3.59. The molecular formula is C12H9NO3S. The summed E-state index contributed by atoms with van der Waals surface area (Å²) in [5.74, 6) is -0.828. The van der Waals surface area contributed by atoms with Gasteiger partial charge < -0.3 is 10.4 Å². The third kappa shape index (κ3) is 2.39. The van der Waals surface area contributed by atoms with Gasteiger partial charge in [-0.25, -0.2) is 0 Å². The first kappa shape index (κ1) is 11.5. The Balaban J connectivity index is 2.40. The minimum absolute atomic E-state index is 0.0140. The zero-order valence-electron chi connectivity index (χ0n) is 8.77. The molecule has 0 bridgehead atoms. The number of carbonyl (C=O) groups excluding carboxylic acids is 2. The smallest absolute Gasteiger partial charge is 0.259 e. The maximum Gasteiger partial charge on any atom is 0.259 e. The molecular weight excluding hydrogens is 238 g/mol. The van der Waals surface area contributed by atoms with Crippen LogP contribution in [0.15, 0.2) is 29.8 Å². The van der Waals surface area contributed by atoms with Crippen molar-refractivity contribution in [1.82, 2.24) is 5.32 Å². The number of hydrogen-bond acceptors (Lipinski definition) is 4. The van der Waals surface area contributed by atoms with Crippen LogP contribution in [0, 0.1) is 0 Å². The average molecular weight is 247 g/mol. The first-order valence-corrected chi connectivity index (χ1v) is 5.36. The van der Waals surface area contributed by atoms with Crippen molar-refractivity contribution in [3.05, 3.63) is 35.4 Å². The molecule has 1 amide bonds. The van der Waals surface area contributed by atoms with Crippen LogP contribution in [0.25, 0.3) is 6.08 Å². The monoisotopic (exact) mass is 247 g/mol. The van der Waals surface area contributed by atoms with Crippen LogP contribution in [-0.4, -0.2) is 21.8 Å². The van der Waals surface area contributed by atoms with E-state index in [4.69, 9.17) is 12.2 Å². The largest absolute Gasteiger partial charge is 0.507 e. The molecule has 1 aliphatic rings. The molecule has 17 heavy (non-hydrogen) atoms. The summed E-state index contributed by atoms with van der Waals surface area (Å²) in [7, 11) is 0. The molecule has 0 radical (unpaired) electrons. The molecule has 0 saturated carbocycles.